The van der Waals surface area contributed by atoms with Crippen molar-refractivity contribution in [3.8, 4) is 0 Å². The van der Waals surface area contributed by atoms with E-state index in [1.165, 1.54) is 70.6 Å². The molecule has 1 N–H and O–H groups in total. The fourth-order valence-electron chi connectivity index (χ4n) is 2.60. The van der Waals surface area contributed by atoms with Gasteiger partial charge in [-0.3, -0.25) is 4.79 Å². The number of carbonyl (C=O) groups is 1. The molecule has 0 aliphatic heterocycles. The number of hydrogen-bond acceptors (Lipinski definition) is 1. The molecule has 0 aromatic rings. The Morgan fingerprint density at radius 3 is 1.38 bits per heavy atom. The number of carboxylic acids is 1. The molecule has 0 fully saturated rings. The molecular formula is C18H36O2Zr. The third-order valence-corrected chi connectivity index (χ3v) is 3.92. The molecule has 0 atom stereocenters. The van der Waals surface area contributed by atoms with Gasteiger partial charge in [0.15, 0.2) is 0 Å². The Morgan fingerprint density at radius 2 is 1.05 bits per heavy atom. The number of carboxylic acid groups (broad SMARTS) is 1. The molecule has 3 heteroatoms. The summed E-state index contributed by atoms with van der Waals surface area (Å²) in [5, 5.41) is 8.52. The van der Waals surface area contributed by atoms with Gasteiger partial charge in [-0.05, 0) is 12.3 Å². The third kappa shape index (κ3) is 22.8. The summed E-state index contributed by atoms with van der Waals surface area (Å²) in [6.07, 6.45) is 17.3. The molecule has 2 nitrogen and oxygen atoms in total. The van der Waals surface area contributed by atoms with Gasteiger partial charge in [0.2, 0.25) is 0 Å². The number of aliphatic carboxylic acids is 1. The van der Waals surface area contributed by atoms with Crippen molar-refractivity contribution in [1.29, 1.82) is 0 Å². The normalized spacial score (nSPS) is 10.6. The van der Waals surface area contributed by atoms with Gasteiger partial charge < -0.3 is 5.11 Å². The summed E-state index contributed by atoms with van der Waals surface area (Å²) in [5.74, 6) is 0.212. The smallest absolute Gasteiger partial charge is 0.303 e. The minimum Gasteiger partial charge on any atom is -0.481 e. The van der Waals surface area contributed by atoms with Crippen molar-refractivity contribution < 1.29 is 36.1 Å². The second-order valence-electron chi connectivity index (χ2n) is 6.57. The molecule has 0 unspecified atom stereocenters. The summed E-state index contributed by atoms with van der Waals surface area (Å²) in [4.78, 5) is 10.3. The first-order valence-corrected chi connectivity index (χ1v) is 8.84. The Bertz CT molecular complexity index is 217. The predicted octanol–water partition coefficient (Wildman–Crippen LogP) is 6.19. The van der Waals surface area contributed by atoms with Gasteiger partial charge in [-0.2, -0.15) is 0 Å². The molecule has 0 spiro atoms. The zero-order valence-corrected chi connectivity index (χ0v) is 16.8. The van der Waals surface area contributed by atoms with Crippen molar-refractivity contribution in [1.82, 2.24) is 0 Å². The van der Waals surface area contributed by atoms with E-state index in [2.05, 4.69) is 13.8 Å². The predicted molar refractivity (Wildman–Crippen MR) is 87.1 cm³/mol. The number of unbranched alkanes of at least 4 members (excludes halogenated alkanes) is 11. The van der Waals surface area contributed by atoms with Crippen molar-refractivity contribution >= 4 is 5.97 Å². The molecule has 0 heterocycles. The molecule has 0 aliphatic rings. The minimum atomic E-state index is -0.654. The molecule has 0 saturated heterocycles. The molecule has 0 rings (SSSR count). The Hall–Kier alpha value is 0.353. The van der Waals surface area contributed by atoms with Crippen molar-refractivity contribution in [3.63, 3.8) is 0 Å². The molecule has 0 aromatic heterocycles. The van der Waals surface area contributed by atoms with E-state index in [1.807, 2.05) is 0 Å². The fourth-order valence-corrected chi connectivity index (χ4v) is 2.60. The fraction of sp³-hybridized carbons (Fsp3) is 0.944. The van der Waals surface area contributed by atoms with Crippen LogP contribution in [0.2, 0.25) is 0 Å². The van der Waals surface area contributed by atoms with Crippen LogP contribution < -0.4 is 0 Å². The Labute approximate surface area is 151 Å². The first kappa shape index (κ1) is 23.6. The molecule has 0 saturated carbocycles. The van der Waals surface area contributed by atoms with Gasteiger partial charge in [-0.15, -0.1) is 0 Å². The molecular weight excluding hydrogens is 339 g/mol. The van der Waals surface area contributed by atoms with E-state index in [1.54, 1.807) is 0 Å². The zero-order valence-electron chi connectivity index (χ0n) is 14.3. The van der Waals surface area contributed by atoms with Crippen molar-refractivity contribution in [3.05, 3.63) is 0 Å². The van der Waals surface area contributed by atoms with Crippen LogP contribution in [0.3, 0.4) is 0 Å². The first-order valence-electron chi connectivity index (χ1n) is 8.84. The standard InChI is InChI=1S/C18H36O2.Zr/c1-17(2)15-13-11-9-7-5-3-4-6-8-10-12-14-16-18(19)20;/h17H,3-16H2,1-2H3,(H,19,20);. The maximum atomic E-state index is 10.3. The van der Waals surface area contributed by atoms with E-state index >= 15 is 0 Å². The van der Waals surface area contributed by atoms with Gasteiger partial charge in [0.05, 0.1) is 0 Å². The van der Waals surface area contributed by atoms with Crippen LogP contribution >= 0.6 is 0 Å². The number of rotatable bonds is 15. The van der Waals surface area contributed by atoms with Gasteiger partial charge in [-0.25, -0.2) is 0 Å². The van der Waals surface area contributed by atoms with E-state index < -0.39 is 5.97 Å². The summed E-state index contributed by atoms with van der Waals surface area (Å²) < 4.78 is 0. The first-order chi connectivity index (χ1) is 9.63. The van der Waals surface area contributed by atoms with Crippen LogP contribution in [0, 0.1) is 5.92 Å². The van der Waals surface area contributed by atoms with Crippen LogP contribution in [0.25, 0.3) is 0 Å². The average Bonchev–Trinajstić information content (AvgIpc) is 2.38. The van der Waals surface area contributed by atoms with Crippen LogP contribution in [0.15, 0.2) is 0 Å². The minimum absolute atomic E-state index is 0. The Balaban J connectivity index is 0. The molecule has 0 aromatic carbocycles. The van der Waals surface area contributed by atoms with Gasteiger partial charge >= 0.3 is 5.97 Å². The Kier molecular flexibility index (Phi) is 20.7. The third-order valence-electron chi connectivity index (χ3n) is 3.92. The molecule has 0 bridgehead atoms. The number of hydrogen-bond donors (Lipinski definition) is 1. The molecule has 0 radical (unpaired) electrons. The van der Waals surface area contributed by atoms with E-state index in [0.717, 1.165) is 18.8 Å². The maximum absolute atomic E-state index is 10.3. The summed E-state index contributed by atoms with van der Waals surface area (Å²) in [5.41, 5.74) is 0. The second-order valence-corrected chi connectivity index (χ2v) is 6.57. The molecule has 21 heavy (non-hydrogen) atoms. The van der Waals surface area contributed by atoms with Crippen LogP contribution in [-0.4, -0.2) is 11.1 Å². The topological polar surface area (TPSA) is 37.3 Å². The van der Waals surface area contributed by atoms with E-state index in [0.29, 0.717) is 6.42 Å². The summed E-state index contributed by atoms with van der Waals surface area (Å²) in [7, 11) is 0. The van der Waals surface area contributed by atoms with Crippen molar-refractivity contribution in [2.24, 2.45) is 5.92 Å². The quantitative estimate of drug-likeness (QED) is 0.347. The van der Waals surface area contributed by atoms with Crippen LogP contribution in [0.4, 0.5) is 0 Å². The van der Waals surface area contributed by atoms with E-state index in [4.69, 9.17) is 5.11 Å². The summed E-state index contributed by atoms with van der Waals surface area (Å²) >= 11 is 0. The average molecular weight is 376 g/mol. The van der Waals surface area contributed by atoms with E-state index in [-0.39, 0.29) is 26.2 Å². The van der Waals surface area contributed by atoms with Crippen LogP contribution in [0.1, 0.15) is 104 Å². The zero-order chi connectivity index (χ0) is 15.1. The maximum Gasteiger partial charge on any atom is 0.303 e. The molecule has 0 aliphatic carbocycles. The van der Waals surface area contributed by atoms with E-state index in [9.17, 15) is 4.79 Å². The van der Waals surface area contributed by atoms with Crippen molar-refractivity contribution in [2.75, 3.05) is 0 Å². The largest absolute Gasteiger partial charge is 0.481 e. The molecule has 124 valence electrons. The van der Waals surface area contributed by atoms with Gasteiger partial charge in [-0.1, -0.05) is 90.9 Å². The summed E-state index contributed by atoms with van der Waals surface area (Å²) in [6.45, 7) is 4.61. The SMILES string of the molecule is CC(C)CCCCCCCCCCCCCCC(=O)O.[Zr]. The Morgan fingerprint density at radius 1 is 0.714 bits per heavy atom. The van der Waals surface area contributed by atoms with Gasteiger partial charge in [0.1, 0.15) is 0 Å². The van der Waals surface area contributed by atoms with Crippen molar-refractivity contribution in [2.45, 2.75) is 104 Å². The van der Waals surface area contributed by atoms with Crippen LogP contribution in [0.5, 0.6) is 0 Å². The van der Waals surface area contributed by atoms with Crippen LogP contribution in [-0.2, 0) is 31.0 Å². The van der Waals surface area contributed by atoms with Gasteiger partial charge in [0.25, 0.3) is 0 Å². The second kappa shape index (κ2) is 18.4. The molecule has 0 amide bonds. The van der Waals surface area contributed by atoms with Gasteiger partial charge in [0, 0.05) is 32.6 Å². The monoisotopic (exact) mass is 374 g/mol. The summed E-state index contributed by atoms with van der Waals surface area (Å²) in [6, 6.07) is 0.